The molecule has 2 atom stereocenters. The second-order valence-electron chi connectivity index (χ2n) is 6.27. The van der Waals surface area contributed by atoms with Crippen molar-refractivity contribution in [1.29, 1.82) is 0 Å². The van der Waals surface area contributed by atoms with Crippen LogP contribution in [0.3, 0.4) is 0 Å². The minimum Gasteiger partial charge on any atom is -0.481 e. The van der Waals surface area contributed by atoms with Gasteiger partial charge >= 0.3 is 0 Å². The van der Waals surface area contributed by atoms with Crippen LogP contribution in [0.2, 0.25) is 0 Å². The summed E-state index contributed by atoms with van der Waals surface area (Å²) in [5.74, 6) is -2.04. The maximum Gasteiger partial charge on any atom is 0.263 e. The van der Waals surface area contributed by atoms with Gasteiger partial charge in [0.25, 0.3) is 5.91 Å². The highest BCUT2D eigenvalue weighted by molar-refractivity contribution is 7.09. The number of carbonyl (C=O) groups is 1. The van der Waals surface area contributed by atoms with Crippen LogP contribution in [0.5, 0.6) is 5.75 Å². The summed E-state index contributed by atoms with van der Waals surface area (Å²) in [4.78, 5) is 15.7. The fraction of sp³-hybridized carbons (Fsp3) is 0.421. The molecule has 0 saturated carbocycles. The fourth-order valence-corrected chi connectivity index (χ4v) is 3.64. The molecule has 1 aliphatic rings. The molecular weight excluding hydrogens is 360 g/mol. The Hall–Kier alpha value is -1.99. The molecule has 0 bridgehead atoms. The molecule has 2 unspecified atom stereocenters. The monoisotopic (exact) mass is 381 g/mol. The molecule has 0 spiro atoms. The van der Waals surface area contributed by atoms with Crippen molar-refractivity contribution in [3.05, 3.63) is 52.2 Å². The van der Waals surface area contributed by atoms with Gasteiger partial charge in [-0.3, -0.25) is 4.79 Å². The number of amides is 1. The maximum atomic E-state index is 13.3. The summed E-state index contributed by atoms with van der Waals surface area (Å²) in [5.41, 5.74) is 0. The van der Waals surface area contributed by atoms with E-state index in [1.807, 2.05) is 17.5 Å². The number of hydrogen-bond donors (Lipinski definition) is 0. The van der Waals surface area contributed by atoms with Gasteiger partial charge < -0.3 is 14.4 Å². The Morgan fingerprint density at radius 3 is 2.88 bits per heavy atom. The number of nitrogens with zero attached hydrogens (tertiary/aromatic N) is 1. The topological polar surface area (TPSA) is 38.8 Å². The van der Waals surface area contributed by atoms with Crippen LogP contribution in [0.15, 0.2) is 35.7 Å². The molecule has 140 valence electrons. The zero-order valence-electron chi connectivity index (χ0n) is 14.5. The number of rotatable bonds is 7. The quantitative estimate of drug-likeness (QED) is 0.728. The molecule has 1 saturated heterocycles. The molecule has 1 aliphatic heterocycles. The van der Waals surface area contributed by atoms with Crippen LogP contribution < -0.4 is 4.74 Å². The first-order valence-electron chi connectivity index (χ1n) is 8.57. The molecule has 26 heavy (non-hydrogen) atoms. The summed E-state index contributed by atoms with van der Waals surface area (Å²) < 4.78 is 37.6. The molecule has 1 fully saturated rings. The van der Waals surface area contributed by atoms with E-state index in [0.717, 1.165) is 29.9 Å². The highest BCUT2D eigenvalue weighted by Gasteiger charge is 2.27. The molecule has 2 heterocycles. The molecule has 4 nitrogen and oxygen atoms in total. The van der Waals surface area contributed by atoms with Gasteiger partial charge in [-0.05, 0) is 43.3 Å². The van der Waals surface area contributed by atoms with Gasteiger partial charge in [0.1, 0.15) is 5.75 Å². The molecule has 1 aromatic heterocycles. The molecule has 0 aliphatic carbocycles. The minimum atomic E-state index is -1.00. The van der Waals surface area contributed by atoms with Gasteiger partial charge in [-0.1, -0.05) is 6.07 Å². The van der Waals surface area contributed by atoms with Gasteiger partial charge in [0, 0.05) is 24.1 Å². The van der Waals surface area contributed by atoms with Crippen LogP contribution in [0, 0.1) is 11.6 Å². The number of benzene rings is 1. The van der Waals surface area contributed by atoms with Crippen LogP contribution in [0.1, 0.15) is 24.6 Å². The molecule has 0 N–H and O–H groups in total. The Labute approximate surface area is 155 Å². The maximum absolute atomic E-state index is 13.3. The second kappa shape index (κ2) is 8.60. The smallest absolute Gasteiger partial charge is 0.263 e. The summed E-state index contributed by atoms with van der Waals surface area (Å²) >= 11 is 1.58. The van der Waals surface area contributed by atoms with Crippen LogP contribution in [0.25, 0.3) is 0 Å². The molecule has 3 rings (SSSR count). The van der Waals surface area contributed by atoms with Gasteiger partial charge in [0.15, 0.2) is 17.7 Å². The number of hydrogen-bond acceptors (Lipinski definition) is 4. The van der Waals surface area contributed by atoms with Gasteiger partial charge in [0.2, 0.25) is 0 Å². The van der Waals surface area contributed by atoms with Crippen molar-refractivity contribution >= 4 is 17.2 Å². The Bertz CT molecular complexity index is 732. The fourth-order valence-electron chi connectivity index (χ4n) is 2.92. The van der Waals surface area contributed by atoms with E-state index >= 15 is 0 Å². The summed E-state index contributed by atoms with van der Waals surface area (Å²) in [6, 6.07) is 7.16. The van der Waals surface area contributed by atoms with Crippen molar-refractivity contribution in [3.8, 4) is 5.75 Å². The van der Waals surface area contributed by atoms with E-state index in [1.54, 1.807) is 23.2 Å². The first-order valence-corrected chi connectivity index (χ1v) is 9.45. The third kappa shape index (κ3) is 4.80. The normalized spacial score (nSPS) is 17.9. The van der Waals surface area contributed by atoms with Crippen molar-refractivity contribution < 1.29 is 23.0 Å². The average molecular weight is 381 g/mol. The van der Waals surface area contributed by atoms with Crippen LogP contribution in [-0.4, -0.2) is 36.2 Å². The van der Waals surface area contributed by atoms with Crippen LogP contribution in [0.4, 0.5) is 8.78 Å². The van der Waals surface area contributed by atoms with E-state index in [2.05, 4.69) is 0 Å². The number of thiophene rings is 1. The largest absolute Gasteiger partial charge is 0.481 e. The zero-order chi connectivity index (χ0) is 18.5. The molecule has 7 heteroatoms. The van der Waals surface area contributed by atoms with Crippen molar-refractivity contribution in [3.63, 3.8) is 0 Å². The molecular formula is C19H21F2NO3S. The molecule has 1 aromatic carbocycles. The van der Waals surface area contributed by atoms with E-state index in [4.69, 9.17) is 9.47 Å². The lowest BCUT2D eigenvalue weighted by Gasteiger charge is -2.28. The van der Waals surface area contributed by atoms with Crippen molar-refractivity contribution in [2.24, 2.45) is 0 Å². The molecule has 1 amide bonds. The summed E-state index contributed by atoms with van der Waals surface area (Å²) in [5, 5.41) is 1.96. The summed E-state index contributed by atoms with van der Waals surface area (Å²) in [7, 11) is 0. The first kappa shape index (κ1) is 18.8. The standard InChI is InChI=1S/C19H21F2NO3S/c1-13(25-14-6-7-17(20)18(21)10-14)19(23)22(11-15-4-2-8-24-15)12-16-5-3-9-26-16/h3,5-7,9-10,13,15H,2,4,8,11-12H2,1H3. The van der Waals surface area contributed by atoms with Gasteiger partial charge in [-0.2, -0.15) is 0 Å². The Balaban J connectivity index is 1.68. The van der Waals surface area contributed by atoms with Crippen molar-refractivity contribution in [1.82, 2.24) is 4.90 Å². The lowest BCUT2D eigenvalue weighted by Crippen LogP contribution is -2.43. The third-order valence-electron chi connectivity index (χ3n) is 4.24. The summed E-state index contributed by atoms with van der Waals surface area (Å²) in [6.45, 7) is 3.29. The minimum absolute atomic E-state index is 0.0226. The van der Waals surface area contributed by atoms with Crippen molar-refractivity contribution in [2.75, 3.05) is 13.2 Å². The number of halogens is 2. The lowest BCUT2D eigenvalue weighted by molar-refractivity contribution is -0.140. The Morgan fingerprint density at radius 1 is 1.38 bits per heavy atom. The molecule has 2 aromatic rings. The van der Waals surface area contributed by atoms with E-state index in [1.165, 1.54) is 6.07 Å². The number of carbonyl (C=O) groups excluding carboxylic acids is 1. The van der Waals surface area contributed by atoms with E-state index < -0.39 is 17.7 Å². The Kier molecular flexibility index (Phi) is 6.21. The highest BCUT2D eigenvalue weighted by atomic mass is 32.1. The average Bonchev–Trinajstić information content (AvgIpc) is 3.31. The predicted octanol–water partition coefficient (Wildman–Crippen LogP) is 4.00. The van der Waals surface area contributed by atoms with Crippen LogP contribution >= 0.6 is 11.3 Å². The van der Waals surface area contributed by atoms with Crippen molar-refractivity contribution in [2.45, 2.75) is 38.5 Å². The highest BCUT2D eigenvalue weighted by Crippen LogP contribution is 2.20. The lowest BCUT2D eigenvalue weighted by atomic mass is 10.2. The Morgan fingerprint density at radius 2 is 2.23 bits per heavy atom. The molecule has 0 radical (unpaired) electrons. The van der Waals surface area contributed by atoms with E-state index in [9.17, 15) is 13.6 Å². The second-order valence-corrected chi connectivity index (χ2v) is 7.30. The zero-order valence-corrected chi connectivity index (χ0v) is 15.3. The van der Waals surface area contributed by atoms with E-state index in [0.29, 0.717) is 19.7 Å². The third-order valence-corrected chi connectivity index (χ3v) is 5.10. The first-order chi connectivity index (χ1) is 12.5. The van der Waals surface area contributed by atoms with Gasteiger partial charge in [-0.25, -0.2) is 8.78 Å². The predicted molar refractivity (Wildman–Crippen MR) is 95.2 cm³/mol. The van der Waals surface area contributed by atoms with Gasteiger partial charge in [-0.15, -0.1) is 11.3 Å². The number of ether oxygens (including phenoxy) is 2. The van der Waals surface area contributed by atoms with Crippen LogP contribution in [-0.2, 0) is 16.1 Å². The van der Waals surface area contributed by atoms with E-state index in [-0.39, 0.29) is 17.8 Å². The summed E-state index contributed by atoms with van der Waals surface area (Å²) in [6.07, 6.45) is 1.12. The SMILES string of the molecule is CC(Oc1ccc(F)c(F)c1)C(=O)N(Cc1cccs1)CC1CCCO1. The van der Waals surface area contributed by atoms with Gasteiger partial charge in [0.05, 0.1) is 12.6 Å².